The molecular formula is C11H12N4OS3. The van der Waals surface area contributed by atoms with Gasteiger partial charge >= 0.3 is 0 Å². The maximum Gasteiger partial charge on any atom is 0.252 e. The Labute approximate surface area is 127 Å². The summed E-state index contributed by atoms with van der Waals surface area (Å²) in [6, 6.07) is 6.98. The molecule has 0 radical (unpaired) electrons. The number of hydrogen-bond donors (Lipinski definition) is 4. The number of thiol groups is 3. The van der Waals surface area contributed by atoms with Gasteiger partial charge in [0.05, 0.1) is 11.1 Å². The van der Waals surface area contributed by atoms with Gasteiger partial charge < -0.3 is 5.32 Å². The third-order valence-corrected chi connectivity index (χ3v) is 3.06. The van der Waals surface area contributed by atoms with E-state index < -0.39 is 0 Å². The first-order valence-corrected chi connectivity index (χ1v) is 6.83. The predicted octanol–water partition coefficient (Wildman–Crippen LogP) is 1.85. The molecule has 0 aliphatic heterocycles. The molecule has 0 spiro atoms. The molecule has 0 fully saturated rings. The first-order valence-electron chi connectivity index (χ1n) is 5.41. The maximum absolute atomic E-state index is 11.8. The minimum absolute atomic E-state index is 0.171. The molecule has 1 atom stereocenters. The molecule has 2 aromatic rings. The summed E-state index contributed by atoms with van der Waals surface area (Å²) >= 11 is 12.5. The van der Waals surface area contributed by atoms with E-state index in [1.165, 1.54) is 0 Å². The van der Waals surface area contributed by atoms with Crippen LogP contribution in [0.25, 0.3) is 5.69 Å². The minimum Gasteiger partial charge on any atom is -0.341 e. The van der Waals surface area contributed by atoms with Crippen LogP contribution in [0.4, 0.5) is 0 Å². The highest BCUT2D eigenvalue weighted by molar-refractivity contribution is 7.81. The molecule has 1 unspecified atom stereocenters. The number of rotatable bonds is 3. The lowest BCUT2D eigenvalue weighted by Crippen LogP contribution is -2.28. The summed E-state index contributed by atoms with van der Waals surface area (Å²) in [4.78, 5) is 11.8. The average Bonchev–Trinajstić information content (AvgIpc) is 2.68. The predicted molar refractivity (Wildman–Crippen MR) is 81.8 cm³/mol. The summed E-state index contributed by atoms with van der Waals surface area (Å²) < 4.78 is 1.66. The second-order valence-electron chi connectivity index (χ2n) is 3.83. The summed E-state index contributed by atoms with van der Waals surface area (Å²) in [5.41, 5.74) is 1.34. The molecule has 0 aliphatic rings. The largest absolute Gasteiger partial charge is 0.341 e. The number of amides is 1. The fraction of sp³-hybridized carbons (Fsp3) is 0.182. The zero-order valence-electron chi connectivity index (χ0n) is 9.98. The van der Waals surface area contributed by atoms with E-state index in [-0.39, 0.29) is 11.3 Å². The highest BCUT2D eigenvalue weighted by Crippen LogP contribution is 2.18. The van der Waals surface area contributed by atoms with Crippen molar-refractivity contribution in [3.8, 4) is 5.69 Å². The molecule has 0 bridgehead atoms. The van der Waals surface area contributed by atoms with Crippen LogP contribution in [-0.4, -0.2) is 26.0 Å². The Morgan fingerprint density at radius 2 is 1.74 bits per heavy atom. The van der Waals surface area contributed by atoms with Gasteiger partial charge in [0.25, 0.3) is 5.91 Å². The Balaban J connectivity index is 2.26. The molecule has 8 heteroatoms. The van der Waals surface area contributed by atoms with Gasteiger partial charge in [0.2, 0.25) is 0 Å². The molecule has 1 aromatic carbocycles. The van der Waals surface area contributed by atoms with E-state index in [1.807, 2.05) is 0 Å². The second-order valence-corrected chi connectivity index (χ2v) is 5.41. The molecular weight excluding hydrogens is 300 g/mol. The van der Waals surface area contributed by atoms with Crippen LogP contribution in [0.2, 0.25) is 0 Å². The Morgan fingerprint density at radius 3 is 2.21 bits per heavy atom. The number of nitrogens with one attached hydrogen (secondary N) is 1. The Morgan fingerprint density at radius 1 is 1.21 bits per heavy atom. The van der Waals surface area contributed by atoms with Gasteiger partial charge in [-0.1, -0.05) is 0 Å². The SMILES string of the molecule is CC(S)NC(=O)c1ccc(-n2c(S)nnc2S)cc1. The standard InChI is InChI=1S/C11H12N4OS3/c1-6(17)12-9(16)7-2-4-8(5-3-7)15-10(18)13-14-11(15)19/h2-6,17H,1H3,(H,12,16)(H,13,18)(H,14,19). The first kappa shape index (κ1) is 14.3. The number of nitrogens with zero attached hydrogens (tertiary/aromatic N) is 3. The highest BCUT2D eigenvalue weighted by Gasteiger charge is 2.10. The van der Waals surface area contributed by atoms with E-state index in [1.54, 1.807) is 35.8 Å². The van der Waals surface area contributed by atoms with E-state index in [4.69, 9.17) is 0 Å². The van der Waals surface area contributed by atoms with Crippen molar-refractivity contribution in [2.45, 2.75) is 22.6 Å². The van der Waals surface area contributed by atoms with Crippen molar-refractivity contribution in [3.05, 3.63) is 29.8 Å². The van der Waals surface area contributed by atoms with Gasteiger partial charge in [0.1, 0.15) is 0 Å². The number of aromatic nitrogens is 3. The van der Waals surface area contributed by atoms with Crippen LogP contribution in [-0.2, 0) is 0 Å². The van der Waals surface area contributed by atoms with E-state index in [9.17, 15) is 4.79 Å². The van der Waals surface area contributed by atoms with Crippen molar-refractivity contribution in [2.75, 3.05) is 0 Å². The van der Waals surface area contributed by atoms with Gasteiger partial charge in [-0.2, -0.15) is 12.6 Å². The lowest BCUT2D eigenvalue weighted by Gasteiger charge is -2.09. The summed E-state index contributed by atoms with van der Waals surface area (Å²) in [6.07, 6.45) is 0. The van der Waals surface area contributed by atoms with Gasteiger partial charge in [-0.25, -0.2) is 0 Å². The maximum atomic E-state index is 11.8. The molecule has 100 valence electrons. The molecule has 1 heterocycles. The minimum atomic E-state index is -0.196. The van der Waals surface area contributed by atoms with Crippen LogP contribution < -0.4 is 5.32 Å². The molecule has 2 rings (SSSR count). The van der Waals surface area contributed by atoms with Crippen LogP contribution in [0.1, 0.15) is 17.3 Å². The normalized spacial score (nSPS) is 12.2. The van der Waals surface area contributed by atoms with E-state index >= 15 is 0 Å². The molecule has 1 N–H and O–H groups in total. The smallest absolute Gasteiger partial charge is 0.252 e. The molecule has 0 aliphatic carbocycles. The van der Waals surface area contributed by atoms with E-state index in [0.717, 1.165) is 5.69 Å². The lowest BCUT2D eigenvalue weighted by atomic mass is 10.2. The average molecular weight is 312 g/mol. The van der Waals surface area contributed by atoms with Gasteiger partial charge in [-0.15, -0.1) is 35.5 Å². The van der Waals surface area contributed by atoms with Crippen molar-refractivity contribution < 1.29 is 4.79 Å². The summed E-state index contributed by atoms with van der Waals surface area (Å²) in [5, 5.41) is 11.0. The number of carbonyl (C=O) groups excluding carboxylic acids is 1. The van der Waals surface area contributed by atoms with Crippen LogP contribution >= 0.6 is 37.9 Å². The fourth-order valence-electron chi connectivity index (χ4n) is 1.53. The van der Waals surface area contributed by atoms with Crippen LogP contribution in [0.5, 0.6) is 0 Å². The van der Waals surface area contributed by atoms with Gasteiger partial charge in [-0.3, -0.25) is 9.36 Å². The third kappa shape index (κ3) is 3.26. The zero-order valence-corrected chi connectivity index (χ0v) is 12.7. The second kappa shape index (κ2) is 5.89. The van der Waals surface area contributed by atoms with Crippen molar-refractivity contribution in [3.63, 3.8) is 0 Å². The van der Waals surface area contributed by atoms with Gasteiger partial charge in [-0.05, 0) is 31.2 Å². The lowest BCUT2D eigenvalue weighted by molar-refractivity contribution is 0.0952. The van der Waals surface area contributed by atoms with Crippen LogP contribution in [0.15, 0.2) is 34.6 Å². The van der Waals surface area contributed by atoms with Crippen molar-refractivity contribution in [2.24, 2.45) is 0 Å². The molecule has 19 heavy (non-hydrogen) atoms. The van der Waals surface area contributed by atoms with Crippen molar-refractivity contribution >= 4 is 43.8 Å². The molecule has 0 saturated carbocycles. The Kier molecular flexibility index (Phi) is 4.43. The zero-order chi connectivity index (χ0) is 14.0. The van der Waals surface area contributed by atoms with Crippen molar-refractivity contribution in [1.82, 2.24) is 20.1 Å². The van der Waals surface area contributed by atoms with Gasteiger partial charge in [0, 0.05) is 5.56 Å². The Hall–Kier alpha value is -1.12. The molecule has 1 amide bonds. The first-order chi connectivity index (χ1) is 8.99. The monoisotopic (exact) mass is 312 g/mol. The van der Waals surface area contributed by atoms with Crippen LogP contribution in [0.3, 0.4) is 0 Å². The molecule has 5 nitrogen and oxygen atoms in total. The number of hydrogen-bond acceptors (Lipinski definition) is 6. The number of carbonyl (C=O) groups is 1. The highest BCUT2D eigenvalue weighted by atomic mass is 32.1. The quantitative estimate of drug-likeness (QED) is 0.517. The Bertz CT molecular complexity index is 575. The van der Waals surface area contributed by atoms with Gasteiger partial charge in [0.15, 0.2) is 10.3 Å². The topological polar surface area (TPSA) is 59.8 Å². The van der Waals surface area contributed by atoms with Crippen molar-refractivity contribution in [1.29, 1.82) is 0 Å². The summed E-state index contributed by atoms with van der Waals surface area (Å²) in [5.74, 6) is -0.171. The molecule has 1 aromatic heterocycles. The summed E-state index contributed by atoms with van der Waals surface area (Å²) in [6.45, 7) is 1.78. The van der Waals surface area contributed by atoms with E-state index in [2.05, 4.69) is 53.4 Å². The number of benzene rings is 1. The molecule has 0 saturated heterocycles. The van der Waals surface area contributed by atoms with E-state index in [0.29, 0.717) is 15.9 Å². The summed E-state index contributed by atoms with van der Waals surface area (Å²) in [7, 11) is 0. The third-order valence-electron chi connectivity index (χ3n) is 2.36. The fourth-order valence-corrected chi connectivity index (χ4v) is 2.24. The van der Waals surface area contributed by atoms with Crippen LogP contribution in [0, 0.1) is 0 Å².